The Morgan fingerprint density at radius 1 is 1.05 bits per heavy atom. The van der Waals surface area contributed by atoms with Crippen LogP contribution in [0.4, 0.5) is 20.7 Å². The minimum absolute atomic E-state index is 0.0608. The fraction of sp³-hybridized carbons (Fsp3) is 0.357. The van der Waals surface area contributed by atoms with Crippen molar-refractivity contribution >= 4 is 23.1 Å². The predicted molar refractivity (Wildman–Crippen MR) is 148 cm³/mol. The maximum atomic E-state index is 16.0. The zero-order valence-electron chi connectivity index (χ0n) is 21.8. The lowest BCUT2D eigenvalue weighted by Crippen LogP contribution is -2.44. The number of likely N-dealkylation sites (tertiary alicyclic amines) is 1. The zero-order chi connectivity index (χ0) is 26.9. The van der Waals surface area contributed by atoms with Crippen LogP contribution in [0.2, 0.25) is 0 Å². The highest BCUT2D eigenvalue weighted by atomic mass is 19.1. The summed E-state index contributed by atoms with van der Waals surface area (Å²) in [6.07, 6.45) is 3.95. The number of hydrogen-bond donors (Lipinski definition) is 2. The molecule has 2 saturated heterocycles. The van der Waals surface area contributed by atoms with Crippen LogP contribution in [0.5, 0.6) is 0 Å². The predicted octanol–water partition coefficient (Wildman–Crippen LogP) is 3.90. The molecule has 6 rings (SSSR count). The molecule has 0 radical (unpaired) electrons. The molecule has 5 heterocycles. The van der Waals surface area contributed by atoms with Crippen molar-refractivity contribution in [2.24, 2.45) is 0 Å². The van der Waals surface area contributed by atoms with Crippen molar-refractivity contribution in [2.75, 3.05) is 56.5 Å². The van der Waals surface area contributed by atoms with E-state index < -0.39 is 11.9 Å². The van der Waals surface area contributed by atoms with Gasteiger partial charge in [0.25, 0.3) is 0 Å². The summed E-state index contributed by atoms with van der Waals surface area (Å²) in [5.41, 5.74) is 3.42. The van der Waals surface area contributed by atoms with E-state index in [-0.39, 0.29) is 24.1 Å². The Morgan fingerprint density at radius 3 is 2.62 bits per heavy atom. The molecule has 0 spiro atoms. The normalized spacial score (nSPS) is 18.5. The number of piperidine rings is 1. The Bertz CT molecular complexity index is 1480. The molecule has 202 valence electrons. The number of aromatic nitrogens is 4. The topological polar surface area (TPSA) is 102 Å². The summed E-state index contributed by atoms with van der Waals surface area (Å²) in [6.45, 7) is 4.62. The number of halogens is 1. The van der Waals surface area contributed by atoms with Gasteiger partial charge < -0.3 is 25.1 Å². The number of carboxylic acid groups (broad SMARTS) is 1. The van der Waals surface area contributed by atoms with Crippen molar-refractivity contribution in [3.63, 3.8) is 0 Å². The van der Waals surface area contributed by atoms with Crippen LogP contribution in [0.25, 0.3) is 28.2 Å². The number of nitrogens with one attached hydrogen (secondary N) is 1. The quantitative estimate of drug-likeness (QED) is 0.401. The average Bonchev–Trinajstić information content (AvgIpc) is 3.39. The number of benzene rings is 1. The number of carbonyl (C=O) groups is 1. The molecule has 2 N–H and O–H groups in total. The maximum absolute atomic E-state index is 16.0. The van der Waals surface area contributed by atoms with E-state index in [1.54, 1.807) is 10.7 Å². The van der Waals surface area contributed by atoms with Crippen LogP contribution in [-0.2, 0) is 0 Å². The molecule has 1 aromatic carbocycles. The van der Waals surface area contributed by atoms with Crippen LogP contribution in [0.3, 0.4) is 0 Å². The molecule has 2 fully saturated rings. The van der Waals surface area contributed by atoms with E-state index in [0.29, 0.717) is 36.3 Å². The van der Waals surface area contributed by atoms with Gasteiger partial charge in [0, 0.05) is 62.8 Å². The molecule has 1 atom stereocenters. The van der Waals surface area contributed by atoms with Crippen LogP contribution in [0.15, 0.2) is 54.9 Å². The number of likely N-dealkylation sites (N-methyl/N-ethyl adjacent to an activating group) is 1. The molecule has 4 aromatic rings. The van der Waals surface area contributed by atoms with Gasteiger partial charge in [0.15, 0.2) is 17.5 Å². The molecular formula is C28H31FN8O2. The number of nitrogens with zero attached hydrogens (tertiary/aromatic N) is 7. The largest absolute Gasteiger partial charge is 0.465 e. The van der Waals surface area contributed by atoms with Crippen LogP contribution < -0.4 is 10.2 Å². The zero-order valence-corrected chi connectivity index (χ0v) is 21.8. The van der Waals surface area contributed by atoms with Gasteiger partial charge in [0.2, 0.25) is 0 Å². The van der Waals surface area contributed by atoms with Crippen molar-refractivity contribution in [3.05, 3.63) is 60.7 Å². The van der Waals surface area contributed by atoms with Crippen LogP contribution in [-0.4, -0.2) is 92.9 Å². The Kier molecular flexibility index (Phi) is 6.74. The minimum Gasteiger partial charge on any atom is -0.465 e. The molecule has 10 nitrogen and oxygen atoms in total. The van der Waals surface area contributed by atoms with Crippen LogP contribution in [0, 0.1) is 5.82 Å². The van der Waals surface area contributed by atoms with Gasteiger partial charge in [-0.3, -0.25) is 0 Å². The number of piperazine rings is 1. The first-order valence-electron chi connectivity index (χ1n) is 13.2. The van der Waals surface area contributed by atoms with Gasteiger partial charge in [0.1, 0.15) is 5.69 Å². The van der Waals surface area contributed by atoms with Crippen molar-refractivity contribution < 1.29 is 14.3 Å². The van der Waals surface area contributed by atoms with E-state index in [1.807, 2.05) is 48.7 Å². The Labute approximate surface area is 225 Å². The standard InChI is InChI=1S/C28H31FN8O2/c1-34-13-15-35(16-14-34)21-9-7-19(8-10-21)25-24(29)27(31-20-5-4-11-36(18-20)28(38)39)33-26(32-25)22-17-30-37-12-3-2-6-23(22)37/h2-3,6-10,12,17,20H,4-5,11,13-16,18H2,1H3,(H,38,39)(H,31,32,33)/t20-/m1/s1. The minimum atomic E-state index is -0.974. The molecule has 11 heteroatoms. The third kappa shape index (κ3) is 5.09. The summed E-state index contributed by atoms with van der Waals surface area (Å²) in [6, 6.07) is 13.3. The highest BCUT2D eigenvalue weighted by molar-refractivity contribution is 5.78. The Morgan fingerprint density at radius 2 is 1.85 bits per heavy atom. The average molecular weight is 531 g/mol. The van der Waals surface area contributed by atoms with Gasteiger partial charge in [-0.25, -0.2) is 23.7 Å². The lowest BCUT2D eigenvalue weighted by Gasteiger charge is -2.34. The summed E-state index contributed by atoms with van der Waals surface area (Å²) in [7, 11) is 2.12. The molecule has 2 aliphatic heterocycles. The number of amides is 1. The Hall–Kier alpha value is -4.25. The summed E-state index contributed by atoms with van der Waals surface area (Å²) in [4.78, 5) is 26.8. The highest BCUT2D eigenvalue weighted by Gasteiger charge is 2.26. The molecule has 1 amide bonds. The molecule has 0 aliphatic carbocycles. The van der Waals surface area contributed by atoms with Crippen molar-refractivity contribution in [1.29, 1.82) is 0 Å². The molecule has 0 bridgehead atoms. The second kappa shape index (κ2) is 10.5. The number of pyridine rings is 1. The van der Waals surface area contributed by atoms with Crippen LogP contribution in [0.1, 0.15) is 12.8 Å². The van der Waals surface area contributed by atoms with E-state index in [4.69, 9.17) is 0 Å². The van der Waals surface area contributed by atoms with Gasteiger partial charge in [-0.2, -0.15) is 5.10 Å². The van der Waals surface area contributed by atoms with Crippen molar-refractivity contribution in [3.8, 4) is 22.6 Å². The fourth-order valence-electron chi connectivity index (χ4n) is 5.32. The first-order chi connectivity index (χ1) is 19.0. The molecule has 0 unspecified atom stereocenters. The number of rotatable bonds is 5. The number of fused-ring (bicyclic) bond motifs is 1. The summed E-state index contributed by atoms with van der Waals surface area (Å²) in [5.74, 6) is -0.148. The second-order valence-corrected chi connectivity index (χ2v) is 10.2. The van der Waals surface area contributed by atoms with Gasteiger partial charge in [0.05, 0.1) is 17.3 Å². The van der Waals surface area contributed by atoms with Gasteiger partial charge in [-0.15, -0.1) is 0 Å². The summed E-state index contributed by atoms with van der Waals surface area (Å²) >= 11 is 0. The summed E-state index contributed by atoms with van der Waals surface area (Å²) in [5, 5.41) is 17.0. The first kappa shape index (κ1) is 25.1. The summed E-state index contributed by atoms with van der Waals surface area (Å²) < 4.78 is 17.8. The lowest BCUT2D eigenvalue weighted by molar-refractivity contribution is 0.132. The molecular weight excluding hydrogens is 499 g/mol. The number of hydrogen-bond acceptors (Lipinski definition) is 7. The molecule has 39 heavy (non-hydrogen) atoms. The SMILES string of the molecule is CN1CCN(c2ccc(-c3nc(-c4cnn5ccccc45)nc(N[C@@H]4CCCN(C(=O)O)C4)c3F)cc2)CC1. The third-order valence-electron chi connectivity index (χ3n) is 7.56. The van der Waals surface area contributed by atoms with E-state index in [1.165, 1.54) is 4.90 Å². The molecule has 2 aliphatic rings. The molecule has 0 saturated carbocycles. The van der Waals surface area contributed by atoms with E-state index in [2.05, 4.69) is 37.2 Å². The number of anilines is 2. The second-order valence-electron chi connectivity index (χ2n) is 10.2. The maximum Gasteiger partial charge on any atom is 0.407 e. The monoisotopic (exact) mass is 530 g/mol. The van der Waals surface area contributed by atoms with E-state index >= 15 is 4.39 Å². The van der Waals surface area contributed by atoms with Crippen LogP contribution >= 0.6 is 0 Å². The van der Waals surface area contributed by atoms with Crippen molar-refractivity contribution in [2.45, 2.75) is 18.9 Å². The van der Waals surface area contributed by atoms with E-state index in [9.17, 15) is 9.90 Å². The molecule has 3 aromatic heterocycles. The third-order valence-corrected chi connectivity index (χ3v) is 7.56. The van der Waals surface area contributed by atoms with Gasteiger partial charge in [-0.05, 0) is 44.2 Å². The highest BCUT2D eigenvalue weighted by Crippen LogP contribution is 2.32. The smallest absolute Gasteiger partial charge is 0.407 e. The van der Waals surface area contributed by atoms with E-state index in [0.717, 1.165) is 37.4 Å². The van der Waals surface area contributed by atoms with Crippen molar-refractivity contribution in [1.82, 2.24) is 29.4 Å². The lowest BCUT2D eigenvalue weighted by atomic mass is 10.1. The Balaban J connectivity index is 1.38. The van der Waals surface area contributed by atoms with Gasteiger partial charge >= 0.3 is 6.09 Å². The first-order valence-corrected chi connectivity index (χ1v) is 13.2. The van der Waals surface area contributed by atoms with Gasteiger partial charge in [-0.1, -0.05) is 18.2 Å². The fourth-order valence-corrected chi connectivity index (χ4v) is 5.32.